The van der Waals surface area contributed by atoms with E-state index in [0.29, 0.717) is 18.3 Å². The molecule has 0 aromatic carbocycles. The van der Waals surface area contributed by atoms with Crippen LogP contribution in [0.2, 0.25) is 0 Å². The fourth-order valence-corrected chi connectivity index (χ4v) is 2.04. The minimum atomic E-state index is -0.947. The Labute approximate surface area is 107 Å². The van der Waals surface area contributed by atoms with E-state index in [4.69, 9.17) is 5.11 Å². The Morgan fingerprint density at radius 1 is 1.56 bits per heavy atom. The molecule has 1 fully saturated rings. The molecule has 98 valence electrons. The number of carboxylic acids is 1. The van der Waals surface area contributed by atoms with E-state index < -0.39 is 5.97 Å². The molecule has 0 aliphatic heterocycles. The van der Waals surface area contributed by atoms with E-state index in [0.717, 1.165) is 19.4 Å². The zero-order valence-corrected chi connectivity index (χ0v) is 10.7. The highest BCUT2D eigenvalue weighted by Crippen LogP contribution is 2.28. The molecule has 0 unspecified atom stereocenters. The molecule has 0 radical (unpaired) electrons. The Balaban J connectivity index is 2.08. The van der Waals surface area contributed by atoms with E-state index in [-0.39, 0.29) is 5.56 Å². The van der Waals surface area contributed by atoms with Crippen LogP contribution in [0.4, 0.5) is 0 Å². The Hall–Kier alpha value is -1.49. The van der Waals surface area contributed by atoms with E-state index in [1.807, 2.05) is 0 Å². The first-order chi connectivity index (χ1) is 8.72. The standard InChI is InChI=1S/C13H19N3O2/c1-2-3-6-16(10-4-5-10)8-12-11(13(17)18)7-14-9-15-12/h7,9-10H,2-6,8H2,1H3,(H,17,18). The van der Waals surface area contributed by atoms with Crippen LogP contribution in [0, 0.1) is 0 Å². The van der Waals surface area contributed by atoms with Gasteiger partial charge in [0, 0.05) is 18.8 Å². The number of aromatic carboxylic acids is 1. The van der Waals surface area contributed by atoms with Gasteiger partial charge in [0.2, 0.25) is 0 Å². The third-order valence-corrected chi connectivity index (χ3v) is 3.24. The van der Waals surface area contributed by atoms with Crippen LogP contribution < -0.4 is 0 Å². The predicted molar refractivity (Wildman–Crippen MR) is 67.3 cm³/mol. The van der Waals surface area contributed by atoms with Crippen LogP contribution in [0.5, 0.6) is 0 Å². The van der Waals surface area contributed by atoms with Crippen molar-refractivity contribution in [1.29, 1.82) is 0 Å². The Bertz CT molecular complexity index is 418. The first-order valence-electron chi connectivity index (χ1n) is 6.48. The summed E-state index contributed by atoms with van der Waals surface area (Å²) in [5.74, 6) is -0.947. The molecule has 0 saturated heterocycles. The fraction of sp³-hybridized carbons (Fsp3) is 0.615. The van der Waals surface area contributed by atoms with Crippen LogP contribution in [-0.4, -0.2) is 38.5 Å². The SMILES string of the molecule is CCCCN(Cc1ncncc1C(=O)O)C1CC1. The van der Waals surface area contributed by atoms with E-state index in [1.165, 1.54) is 25.4 Å². The van der Waals surface area contributed by atoms with Crippen LogP contribution in [0.25, 0.3) is 0 Å². The quantitative estimate of drug-likeness (QED) is 0.800. The number of rotatable bonds is 7. The number of hydrogen-bond acceptors (Lipinski definition) is 4. The van der Waals surface area contributed by atoms with Gasteiger partial charge in [-0.15, -0.1) is 0 Å². The molecule has 0 atom stereocenters. The van der Waals surface area contributed by atoms with Gasteiger partial charge in [-0.1, -0.05) is 13.3 Å². The van der Waals surface area contributed by atoms with E-state index in [2.05, 4.69) is 21.8 Å². The molecule has 0 bridgehead atoms. The van der Waals surface area contributed by atoms with Crippen molar-refractivity contribution in [3.8, 4) is 0 Å². The number of aromatic nitrogens is 2. The molecule has 1 heterocycles. The third-order valence-electron chi connectivity index (χ3n) is 3.24. The summed E-state index contributed by atoms with van der Waals surface area (Å²) in [4.78, 5) is 21.4. The van der Waals surface area contributed by atoms with Crippen LogP contribution >= 0.6 is 0 Å². The Morgan fingerprint density at radius 3 is 2.94 bits per heavy atom. The molecule has 2 rings (SSSR count). The van der Waals surface area contributed by atoms with Gasteiger partial charge in [0.15, 0.2) is 0 Å². The Morgan fingerprint density at radius 2 is 2.33 bits per heavy atom. The van der Waals surface area contributed by atoms with Gasteiger partial charge in [0.25, 0.3) is 0 Å². The summed E-state index contributed by atoms with van der Waals surface area (Å²) in [7, 11) is 0. The van der Waals surface area contributed by atoms with Gasteiger partial charge in [0.05, 0.1) is 5.69 Å². The zero-order chi connectivity index (χ0) is 13.0. The average Bonchev–Trinajstić information content (AvgIpc) is 3.19. The van der Waals surface area contributed by atoms with Crippen molar-refractivity contribution in [2.45, 2.75) is 45.2 Å². The van der Waals surface area contributed by atoms with E-state index in [1.54, 1.807) is 0 Å². The molecule has 18 heavy (non-hydrogen) atoms. The summed E-state index contributed by atoms with van der Waals surface area (Å²) in [5.41, 5.74) is 0.847. The second-order valence-corrected chi connectivity index (χ2v) is 4.74. The summed E-state index contributed by atoms with van der Waals surface area (Å²) < 4.78 is 0. The van der Waals surface area contributed by atoms with Crippen molar-refractivity contribution in [2.24, 2.45) is 0 Å². The van der Waals surface area contributed by atoms with Crippen molar-refractivity contribution in [2.75, 3.05) is 6.54 Å². The van der Waals surface area contributed by atoms with Gasteiger partial charge in [-0.25, -0.2) is 14.8 Å². The largest absolute Gasteiger partial charge is 0.478 e. The topological polar surface area (TPSA) is 66.3 Å². The molecule has 1 aromatic heterocycles. The summed E-state index contributed by atoms with van der Waals surface area (Å²) in [6.07, 6.45) is 7.54. The first kappa shape index (κ1) is 13.0. The third kappa shape index (κ3) is 3.26. The van der Waals surface area contributed by atoms with Gasteiger partial charge in [-0.05, 0) is 25.8 Å². The average molecular weight is 249 g/mol. The molecule has 5 nitrogen and oxygen atoms in total. The molecule has 0 amide bonds. The minimum Gasteiger partial charge on any atom is -0.478 e. The van der Waals surface area contributed by atoms with Crippen LogP contribution in [0.1, 0.15) is 48.7 Å². The van der Waals surface area contributed by atoms with Crippen molar-refractivity contribution in [3.05, 3.63) is 23.8 Å². The molecular weight excluding hydrogens is 230 g/mol. The van der Waals surface area contributed by atoms with Crippen LogP contribution in [0.3, 0.4) is 0 Å². The monoisotopic (exact) mass is 249 g/mol. The number of unbranched alkanes of at least 4 members (excludes halogenated alkanes) is 1. The predicted octanol–water partition coefficient (Wildman–Crippen LogP) is 1.94. The fourth-order valence-electron chi connectivity index (χ4n) is 2.04. The number of hydrogen-bond donors (Lipinski definition) is 1. The molecule has 5 heteroatoms. The second-order valence-electron chi connectivity index (χ2n) is 4.74. The molecule has 1 N–H and O–H groups in total. The highest BCUT2D eigenvalue weighted by Gasteiger charge is 2.29. The molecule has 1 aliphatic carbocycles. The molecular formula is C13H19N3O2. The molecule has 1 aliphatic rings. The maximum atomic E-state index is 11.1. The summed E-state index contributed by atoms with van der Waals surface area (Å²) in [5, 5.41) is 9.11. The number of nitrogens with zero attached hydrogens (tertiary/aromatic N) is 3. The second kappa shape index (κ2) is 5.91. The summed E-state index contributed by atoms with van der Waals surface area (Å²) in [6.45, 7) is 3.80. The molecule has 1 aromatic rings. The Kier molecular flexibility index (Phi) is 4.25. The number of carbonyl (C=O) groups is 1. The highest BCUT2D eigenvalue weighted by atomic mass is 16.4. The van der Waals surface area contributed by atoms with Crippen molar-refractivity contribution >= 4 is 5.97 Å². The lowest BCUT2D eigenvalue weighted by Crippen LogP contribution is -2.28. The normalized spacial score (nSPS) is 15.0. The van der Waals surface area contributed by atoms with Gasteiger partial charge >= 0.3 is 5.97 Å². The van der Waals surface area contributed by atoms with Gasteiger partial charge < -0.3 is 5.11 Å². The van der Waals surface area contributed by atoms with Crippen LogP contribution in [-0.2, 0) is 6.54 Å². The van der Waals surface area contributed by atoms with Gasteiger partial charge in [0.1, 0.15) is 11.9 Å². The molecule has 0 spiro atoms. The van der Waals surface area contributed by atoms with Gasteiger partial charge in [-0.2, -0.15) is 0 Å². The first-order valence-corrected chi connectivity index (χ1v) is 6.48. The maximum absolute atomic E-state index is 11.1. The van der Waals surface area contributed by atoms with Crippen LogP contribution in [0.15, 0.2) is 12.5 Å². The lowest BCUT2D eigenvalue weighted by atomic mass is 10.2. The molecule has 1 saturated carbocycles. The van der Waals surface area contributed by atoms with Crippen molar-refractivity contribution < 1.29 is 9.90 Å². The lowest BCUT2D eigenvalue weighted by Gasteiger charge is -2.21. The van der Waals surface area contributed by atoms with Crippen molar-refractivity contribution in [3.63, 3.8) is 0 Å². The minimum absolute atomic E-state index is 0.222. The highest BCUT2D eigenvalue weighted by molar-refractivity contribution is 5.88. The van der Waals surface area contributed by atoms with E-state index >= 15 is 0 Å². The number of carboxylic acid groups (broad SMARTS) is 1. The van der Waals surface area contributed by atoms with Gasteiger partial charge in [-0.3, -0.25) is 4.90 Å². The summed E-state index contributed by atoms with van der Waals surface area (Å²) in [6, 6.07) is 0.619. The smallest absolute Gasteiger partial charge is 0.339 e. The maximum Gasteiger partial charge on any atom is 0.339 e. The lowest BCUT2D eigenvalue weighted by molar-refractivity contribution is 0.0693. The van der Waals surface area contributed by atoms with E-state index in [9.17, 15) is 4.79 Å². The summed E-state index contributed by atoms with van der Waals surface area (Å²) >= 11 is 0. The zero-order valence-electron chi connectivity index (χ0n) is 10.7. The van der Waals surface area contributed by atoms with Crippen molar-refractivity contribution in [1.82, 2.24) is 14.9 Å².